The summed E-state index contributed by atoms with van der Waals surface area (Å²) in [5, 5.41) is 11.8. The zero-order chi connectivity index (χ0) is 16.2. The van der Waals surface area contributed by atoms with Crippen molar-refractivity contribution in [3.63, 3.8) is 0 Å². The maximum atomic E-state index is 12.7. The Kier molecular flexibility index (Phi) is 5.06. The SMILES string of the molecule is COc1cccc(C2(C(=O)NCC(C)C(=O)O)CCCC2)c1. The summed E-state index contributed by atoms with van der Waals surface area (Å²) in [4.78, 5) is 23.6. The molecule has 120 valence electrons. The predicted molar refractivity (Wildman–Crippen MR) is 82.9 cm³/mol. The molecule has 1 saturated carbocycles. The quantitative estimate of drug-likeness (QED) is 0.846. The Morgan fingerprint density at radius 3 is 2.64 bits per heavy atom. The molecule has 0 spiro atoms. The third kappa shape index (κ3) is 3.24. The van der Waals surface area contributed by atoms with E-state index in [9.17, 15) is 9.59 Å². The molecule has 0 heterocycles. The molecule has 1 aromatic rings. The summed E-state index contributed by atoms with van der Waals surface area (Å²) >= 11 is 0. The van der Waals surface area contributed by atoms with Crippen molar-refractivity contribution in [3.05, 3.63) is 29.8 Å². The van der Waals surface area contributed by atoms with Gasteiger partial charge in [0.1, 0.15) is 5.75 Å². The van der Waals surface area contributed by atoms with Crippen LogP contribution in [0.15, 0.2) is 24.3 Å². The normalized spacial score (nSPS) is 17.7. The first kappa shape index (κ1) is 16.3. The first-order valence-corrected chi connectivity index (χ1v) is 7.65. The Bertz CT molecular complexity index is 549. The maximum Gasteiger partial charge on any atom is 0.308 e. The van der Waals surface area contributed by atoms with Crippen LogP contribution in [0.4, 0.5) is 0 Å². The number of carbonyl (C=O) groups excluding carboxylic acids is 1. The molecule has 1 amide bonds. The van der Waals surface area contributed by atoms with Crippen LogP contribution in [0.25, 0.3) is 0 Å². The zero-order valence-corrected chi connectivity index (χ0v) is 13.1. The van der Waals surface area contributed by atoms with Crippen molar-refractivity contribution in [2.45, 2.75) is 38.0 Å². The topological polar surface area (TPSA) is 75.6 Å². The summed E-state index contributed by atoms with van der Waals surface area (Å²) in [6.45, 7) is 1.75. The maximum absolute atomic E-state index is 12.7. The van der Waals surface area contributed by atoms with Gasteiger partial charge in [0, 0.05) is 6.54 Å². The molecular weight excluding hydrogens is 282 g/mol. The van der Waals surface area contributed by atoms with Gasteiger partial charge in [-0.1, -0.05) is 31.9 Å². The van der Waals surface area contributed by atoms with E-state index in [2.05, 4.69) is 5.32 Å². The van der Waals surface area contributed by atoms with Gasteiger partial charge in [-0.3, -0.25) is 9.59 Å². The largest absolute Gasteiger partial charge is 0.497 e. The molecule has 5 nitrogen and oxygen atoms in total. The van der Waals surface area contributed by atoms with Gasteiger partial charge >= 0.3 is 5.97 Å². The van der Waals surface area contributed by atoms with Crippen molar-refractivity contribution in [3.8, 4) is 5.75 Å². The van der Waals surface area contributed by atoms with E-state index in [0.29, 0.717) is 0 Å². The smallest absolute Gasteiger partial charge is 0.308 e. The van der Waals surface area contributed by atoms with E-state index < -0.39 is 17.3 Å². The Labute approximate surface area is 130 Å². The van der Waals surface area contributed by atoms with Crippen molar-refractivity contribution in [1.29, 1.82) is 0 Å². The summed E-state index contributed by atoms with van der Waals surface area (Å²) < 4.78 is 5.26. The number of carboxylic acids is 1. The van der Waals surface area contributed by atoms with Gasteiger partial charge in [0.25, 0.3) is 0 Å². The highest BCUT2D eigenvalue weighted by atomic mass is 16.5. The monoisotopic (exact) mass is 305 g/mol. The molecule has 1 atom stereocenters. The van der Waals surface area contributed by atoms with Crippen LogP contribution in [-0.2, 0) is 15.0 Å². The summed E-state index contributed by atoms with van der Waals surface area (Å²) in [6, 6.07) is 7.61. The Balaban J connectivity index is 2.20. The van der Waals surface area contributed by atoms with Gasteiger partial charge in [0.05, 0.1) is 18.4 Å². The first-order chi connectivity index (χ1) is 10.5. The summed E-state index contributed by atoms with van der Waals surface area (Å²) in [5.74, 6) is -0.836. The Morgan fingerprint density at radius 2 is 2.05 bits per heavy atom. The number of amides is 1. The second-order valence-corrected chi connectivity index (χ2v) is 5.97. The number of ether oxygens (including phenoxy) is 1. The number of hydrogen-bond donors (Lipinski definition) is 2. The minimum Gasteiger partial charge on any atom is -0.497 e. The lowest BCUT2D eigenvalue weighted by atomic mass is 9.78. The second-order valence-electron chi connectivity index (χ2n) is 5.97. The van der Waals surface area contributed by atoms with Gasteiger partial charge < -0.3 is 15.2 Å². The van der Waals surface area contributed by atoms with E-state index >= 15 is 0 Å². The molecule has 2 N–H and O–H groups in total. The molecule has 22 heavy (non-hydrogen) atoms. The van der Waals surface area contributed by atoms with Crippen LogP contribution in [-0.4, -0.2) is 30.6 Å². The Hall–Kier alpha value is -2.04. The van der Waals surface area contributed by atoms with E-state index in [4.69, 9.17) is 9.84 Å². The molecule has 0 radical (unpaired) electrons. The van der Waals surface area contributed by atoms with Crippen LogP contribution >= 0.6 is 0 Å². The fraction of sp³-hybridized carbons (Fsp3) is 0.529. The fourth-order valence-corrected chi connectivity index (χ4v) is 3.05. The number of nitrogens with one attached hydrogen (secondary N) is 1. The predicted octanol–water partition coefficient (Wildman–Crippen LogP) is 2.34. The highest BCUT2D eigenvalue weighted by molar-refractivity contribution is 5.89. The third-order valence-electron chi connectivity index (χ3n) is 4.50. The molecule has 1 unspecified atom stereocenters. The van der Waals surface area contributed by atoms with Crippen LogP contribution in [0.3, 0.4) is 0 Å². The fourth-order valence-electron chi connectivity index (χ4n) is 3.05. The van der Waals surface area contributed by atoms with Crippen molar-refractivity contribution in [2.75, 3.05) is 13.7 Å². The highest BCUT2D eigenvalue weighted by Gasteiger charge is 2.42. The lowest BCUT2D eigenvalue weighted by Crippen LogP contribution is -2.44. The van der Waals surface area contributed by atoms with E-state index in [1.807, 2.05) is 24.3 Å². The summed E-state index contributed by atoms with van der Waals surface area (Å²) in [5.41, 5.74) is 0.386. The highest BCUT2D eigenvalue weighted by Crippen LogP contribution is 2.42. The van der Waals surface area contributed by atoms with Crippen LogP contribution in [0.1, 0.15) is 38.2 Å². The third-order valence-corrected chi connectivity index (χ3v) is 4.50. The van der Waals surface area contributed by atoms with Gasteiger partial charge in [0.2, 0.25) is 5.91 Å². The number of aliphatic carboxylic acids is 1. The molecule has 1 fully saturated rings. The molecule has 0 bridgehead atoms. The van der Waals surface area contributed by atoms with Crippen molar-refractivity contribution in [2.24, 2.45) is 5.92 Å². The van der Waals surface area contributed by atoms with Crippen LogP contribution in [0.5, 0.6) is 5.75 Å². The average Bonchev–Trinajstić information content (AvgIpc) is 3.03. The lowest BCUT2D eigenvalue weighted by molar-refractivity contribution is -0.141. The number of hydrogen-bond acceptors (Lipinski definition) is 3. The number of carbonyl (C=O) groups is 2. The number of methoxy groups -OCH3 is 1. The van der Waals surface area contributed by atoms with Crippen LogP contribution < -0.4 is 10.1 Å². The van der Waals surface area contributed by atoms with Crippen molar-refractivity contribution >= 4 is 11.9 Å². The molecule has 1 aliphatic rings. The van der Waals surface area contributed by atoms with E-state index in [-0.39, 0.29) is 12.5 Å². The van der Waals surface area contributed by atoms with Crippen LogP contribution in [0, 0.1) is 5.92 Å². The molecule has 5 heteroatoms. The summed E-state index contributed by atoms with van der Waals surface area (Å²) in [7, 11) is 1.61. The first-order valence-electron chi connectivity index (χ1n) is 7.65. The minimum absolute atomic E-state index is 0.0775. The van der Waals surface area contributed by atoms with Crippen LogP contribution in [0.2, 0.25) is 0 Å². The molecule has 1 aliphatic carbocycles. The average molecular weight is 305 g/mol. The van der Waals surface area contributed by atoms with Gasteiger partial charge in [-0.05, 0) is 30.5 Å². The minimum atomic E-state index is -0.901. The Morgan fingerprint density at radius 1 is 1.36 bits per heavy atom. The van der Waals surface area contributed by atoms with Gasteiger partial charge in [-0.2, -0.15) is 0 Å². The van der Waals surface area contributed by atoms with Gasteiger partial charge in [-0.15, -0.1) is 0 Å². The number of rotatable bonds is 6. The molecule has 0 aliphatic heterocycles. The summed E-state index contributed by atoms with van der Waals surface area (Å²) in [6.07, 6.45) is 3.57. The lowest BCUT2D eigenvalue weighted by Gasteiger charge is -2.29. The van der Waals surface area contributed by atoms with Gasteiger partial charge in [-0.25, -0.2) is 0 Å². The number of benzene rings is 1. The standard InChI is InChI=1S/C17H23NO4/c1-12(15(19)20)11-18-16(21)17(8-3-4-9-17)13-6-5-7-14(10-13)22-2/h5-7,10,12H,3-4,8-9,11H2,1-2H3,(H,18,21)(H,19,20). The molecule has 2 rings (SSSR count). The van der Waals surface area contributed by atoms with Crippen molar-refractivity contribution in [1.82, 2.24) is 5.32 Å². The van der Waals surface area contributed by atoms with Crippen molar-refractivity contribution < 1.29 is 19.4 Å². The molecule has 1 aromatic carbocycles. The van der Waals surface area contributed by atoms with E-state index in [1.165, 1.54) is 0 Å². The van der Waals surface area contributed by atoms with E-state index in [1.54, 1.807) is 14.0 Å². The molecular formula is C17H23NO4. The molecule has 0 saturated heterocycles. The second kappa shape index (κ2) is 6.81. The number of carboxylic acid groups (broad SMARTS) is 1. The molecule has 0 aromatic heterocycles. The van der Waals surface area contributed by atoms with E-state index in [0.717, 1.165) is 37.0 Å². The zero-order valence-electron chi connectivity index (χ0n) is 13.1. The van der Waals surface area contributed by atoms with Gasteiger partial charge in [0.15, 0.2) is 0 Å².